The van der Waals surface area contributed by atoms with Crippen LogP contribution in [0.25, 0.3) is 11.0 Å². The Morgan fingerprint density at radius 3 is 2.75 bits per heavy atom. The number of hydrogen-bond acceptors (Lipinski definition) is 5. The highest BCUT2D eigenvalue weighted by Crippen LogP contribution is 2.21. The molecule has 0 atom stereocenters. The molecule has 0 aliphatic heterocycles. The van der Waals surface area contributed by atoms with Crippen molar-refractivity contribution in [2.45, 2.75) is 13.5 Å². The number of carbonyl (C=O) groups excluding carboxylic acids is 1. The number of aromatic nitrogens is 2. The van der Waals surface area contributed by atoms with Gasteiger partial charge in [0.15, 0.2) is 0 Å². The van der Waals surface area contributed by atoms with Crippen LogP contribution in [0.15, 0.2) is 42.7 Å². The van der Waals surface area contributed by atoms with Gasteiger partial charge in [-0.1, -0.05) is 6.07 Å². The van der Waals surface area contributed by atoms with E-state index in [9.17, 15) is 4.79 Å². The maximum Gasteiger partial charge on any atom is 0.707 e. The fourth-order valence-corrected chi connectivity index (χ4v) is 2.57. The second kappa shape index (κ2) is 6.35. The summed E-state index contributed by atoms with van der Waals surface area (Å²) in [6.45, 7) is 2.50. The lowest BCUT2D eigenvalue weighted by Gasteiger charge is -2.11. The number of hydrogen-bond donors (Lipinski definition) is 3. The maximum absolute atomic E-state index is 11.2. The molecule has 0 saturated carbocycles. The number of aryl methyl sites for hydroxylation is 1. The number of fused-ring (bicyclic) bond motifs is 1. The molecule has 0 spiro atoms. The molecule has 7 nitrogen and oxygen atoms in total. The van der Waals surface area contributed by atoms with E-state index in [1.54, 1.807) is 30.6 Å². The van der Waals surface area contributed by atoms with Gasteiger partial charge < -0.3 is 25.0 Å². The molecule has 1 aromatic heterocycles. The predicted octanol–water partition coefficient (Wildman–Crippen LogP) is 0.840. The van der Waals surface area contributed by atoms with E-state index in [4.69, 9.17) is 20.4 Å². The Kier molecular flexibility index (Phi) is 4.24. The first-order chi connectivity index (χ1) is 11.4. The smallest absolute Gasteiger partial charge is 0.512 e. The third-order valence-corrected chi connectivity index (χ3v) is 3.80. The van der Waals surface area contributed by atoms with Crippen LogP contribution in [0.5, 0.6) is 5.75 Å². The van der Waals surface area contributed by atoms with Crippen LogP contribution in [0.1, 0.15) is 21.5 Å². The van der Waals surface area contributed by atoms with E-state index >= 15 is 0 Å². The van der Waals surface area contributed by atoms with Crippen LogP contribution in [-0.2, 0) is 6.54 Å². The molecule has 122 valence electrons. The molecule has 0 aliphatic carbocycles. The number of imidazole rings is 1. The summed E-state index contributed by atoms with van der Waals surface area (Å²) in [4.78, 5) is 15.5. The van der Waals surface area contributed by atoms with Gasteiger partial charge >= 0.3 is 7.32 Å². The molecule has 1 heterocycles. The van der Waals surface area contributed by atoms with Crippen LogP contribution in [0.2, 0.25) is 0 Å². The van der Waals surface area contributed by atoms with Crippen molar-refractivity contribution < 1.29 is 19.5 Å². The second-order valence-corrected chi connectivity index (χ2v) is 5.47. The highest BCUT2D eigenvalue weighted by Gasteiger charge is 2.12. The van der Waals surface area contributed by atoms with Gasteiger partial charge in [0.2, 0.25) is 5.91 Å². The minimum Gasteiger partial charge on any atom is -0.512 e. The van der Waals surface area contributed by atoms with Gasteiger partial charge in [0.25, 0.3) is 0 Å². The Balaban J connectivity index is 1.88. The van der Waals surface area contributed by atoms with Gasteiger partial charge in [-0.25, -0.2) is 4.98 Å². The van der Waals surface area contributed by atoms with Crippen molar-refractivity contribution in [1.82, 2.24) is 9.55 Å². The molecular formula is C16H16BN3O4. The fraction of sp³-hybridized carbons (Fsp3) is 0.125. The van der Waals surface area contributed by atoms with E-state index in [1.165, 1.54) is 0 Å². The van der Waals surface area contributed by atoms with Crippen molar-refractivity contribution in [3.8, 4) is 5.75 Å². The first-order valence-corrected chi connectivity index (χ1v) is 7.31. The van der Waals surface area contributed by atoms with Crippen molar-refractivity contribution in [3.05, 3.63) is 59.4 Å². The van der Waals surface area contributed by atoms with Crippen molar-refractivity contribution in [2.24, 2.45) is 5.73 Å². The Hall–Kier alpha value is -2.84. The summed E-state index contributed by atoms with van der Waals surface area (Å²) in [5, 5.41) is 17.7. The number of benzene rings is 2. The zero-order valence-electron chi connectivity index (χ0n) is 13.0. The zero-order chi connectivity index (χ0) is 17.3. The molecule has 1 amide bonds. The zero-order valence-corrected chi connectivity index (χ0v) is 13.0. The Bertz CT molecular complexity index is 907. The van der Waals surface area contributed by atoms with Crippen molar-refractivity contribution in [1.29, 1.82) is 0 Å². The molecular weight excluding hydrogens is 309 g/mol. The van der Waals surface area contributed by atoms with E-state index in [1.807, 2.05) is 23.6 Å². The Morgan fingerprint density at radius 2 is 2.08 bits per heavy atom. The van der Waals surface area contributed by atoms with Gasteiger partial charge in [0.1, 0.15) is 5.75 Å². The molecule has 0 aliphatic rings. The summed E-state index contributed by atoms with van der Waals surface area (Å²) >= 11 is 0. The van der Waals surface area contributed by atoms with Gasteiger partial charge in [-0.15, -0.1) is 0 Å². The minimum absolute atomic E-state index is 0.382. The predicted molar refractivity (Wildman–Crippen MR) is 89.4 cm³/mol. The molecule has 24 heavy (non-hydrogen) atoms. The summed E-state index contributed by atoms with van der Waals surface area (Å²) in [7, 11) is -1.84. The average molecular weight is 325 g/mol. The number of rotatable bonds is 5. The van der Waals surface area contributed by atoms with Gasteiger partial charge in [-0.05, 0) is 48.4 Å². The maximum atomic E-state index is 11.2. The number of amides is 1. The van der Waals surface area contributed by atoms with Crippen molar-refractivity contribution >= 4 is 24.3 Å². The van der Waals surface area contributed by atoms with Crippen molar-refractivity contribution in [3.63, 3.8) is 0 Å². The lowest BCUT2D eigenvalue weighted by molar-refractivity contribution is 0.100. The molecule has 0 bridgehead atoms. The largest absolute Gasteiger partial charge is 0.707 e. The molecule has 0 unspecified atom stereocenters. The lowest BCUT2D eigenvalue weighted by atomic mass is 10.1. The fourth-order valence-electron chi connectivity index (χ4n) is 2.57. The van der Waals surface area contributed by atoms with Crippen LogP contribution in [0, 0.1) is 6.92 Å². The van der Waals surface area contributed by atoms with Crippen LogP contribution in [0.4, 0.5) is 0 Å². The number of primary amides is 1. The van der Waals surface area contributed by atoms with Crippen LogP contribution >= 0.6 is 0 Å². The van der Waals surface area contributed by atoms with E-state index in [2.05, 4.69) is 4.98 Å². The Labute approximate surface area is 138 Å². The van der Waals surface area contributed by atoms with E-state index in [-0.39, 0.29) is 0 Å². The summed E-state index contributed by atoms with van der Waals surface area (Å²) in [5.41, 5.74) is 9.29. The van der Waals surface area contributed by atoms with E-state index in [0.717, 1.165) is 16.6 Å². The molecule has 4 N–H and O–H groups in total. The van der Waals surface area contributed by atoms with Crippen LogP contribution in [0.3, 0.4) is 0 Å². The van der Waals surface area contributed by atoms with Gasteiger partial charge in [0, 0.05) is 12.1 Å². The standard InChI is InChI=1S/C16H16BN3O4/c1-10-6-13(24-17(22)23)4-2-12(10)8-20-9-19-14-7-11(16(18)21)3-5-15(14)20/h2-7,9,22-23H,8H2,1H3,(H2,18,21). The van der Waals surface area contributed by atoms with Crippen LogP contribution in [-0.4, -0.2) is 32.8 Å². The Morgan fingerprint density at radius 1 is 1.29 bits per heavy atom. The molecule has 3 aromatic rings. The molecule has 0 fully saturated rings. The highest BCUT2D eigenvalue weighted by molar-refractivity contribution is 6.33. The van der Waals surface area contributed by atoms with E-state index in [0.29, 0.717) is 23.4 Å². The van der Waals surface area contributed by atoms with E-state index < -0.39 is 13.2 Å². The van der Waals surface area contributed by atoms with Gasteiger partial charge in [0.05, 0.1) is 17.4 Å². The normalized spacial score (nSPS) is 10.8. The molecule has 3 rings (SSSR count). The molecule has 2 aromatic carbocycles. The SMILES string of the molecule is Cc1cc(OB(O)O)ccc1Cn1cnc2cc(C(N)=O)ccc21. The number of nitrogens with two attached hydrogens (primary N) is 1. The quantitative estimate of drug-likeness (QED) is 0.602. The van der Waals surface area contributed by atoms with Crippen molar-refractivity contribution in [2.75, 3.05) is 0 Å². The first-order valence-electron chi connectivity index (χ1n) is 7.31. The highest BCUT2D eigenvalue weighted by atomic mass is 16.6. The topological polar surface area (TPSA) is 111 Å². The molecule has 8 heteroatoms. The summed E-state index contributed by atoms with van der Waals surface area (Å²) in [6, 6.07) is 10.4. The monoisotopic (exact) mass is 325 g/mol. The summed E-state index contributed by atoms with van der Waals surface area (Å²) < 4.78 is 6.80. The number of nitrogens with zero attached hydrogens (tertiary/aromatic N) is 2. The van der Waals surface area contributed by atoms with Gasteiger partial charge in [-0.2, -0.15) is 0 Å². The molecule has 0 radical (unpaired) electrons. The number of carbonyl (C=O) groups is 1. The summed E-state index contributed by atoms with van der Waals surface area (Å²) in [6.07, 6.45) is 1.71. The van der Waals surface area contributed by atoms with Gasteiger partial charge in [-0.3, -0.25) is 4.79 Å². The third-order valence-electron chi connectivity index (χ3n) is 3.80. The second-order valence-electron chi connectivity index (χ2n) is 5.47. The first kappa shape index (κ1) is 16.0. The lowest BCUT2D eigenvalue weighted by Crippen LogP contribution is -2.20. The molecule has 0 saturated heterocycles. The van der Waals surface area contributed by atoms with Crippen LogP contribution < -0.4 is 10.4 Å². The summed E-state index contributed by atoms with van der Waals surface area (Å²) in [5.74, 6) is -0.100. The average Bonchev–Trinajstić information content (AvgIpc) is 2.91. The third kappa shape index (κ3) is 3.24. The minimum atomic E-state index is -1.84.